The summed E-state index contributed by atoms with van der Waals surface area (Å²) in [7, 11) is -4.71. The molecule has 3 N–H and O–H groups in total. The van der Waals surface area contributed by atoms with Crippen molar-refractivity contribution in [3.8, 4) is 6.01 Å². The maximum Gasteiger partial charge on any atom is 0.358 e. The summed E-state index contributed by atoms with van der Waals surface area (Å²) in [6.45, 7) is 0.216. The number of hydrogen-bond acceptors (Lipinski definition) is 8. The van der Waals surface area contributed by atoms with E-state index in [2.05, 4.69) is 15.0 Å². The topological polar surface area (TPSA) is 157 Å². The van der Waals surface area contributed by atoms with Gasteiger partial charge in [-0.15, -0.1) is 0 Å². The van der Waals surface area contributed by atoms with E-state index < -0.39 is 22.3 Å². The molecule has 0 bridgehead atoms. The molecular formula is C21H19N5O6S. The van der Waals surface area contributed by atoms with Crippen LogP contribution in [0, 0.1) is 0 Å². The fourth-order valence-electron chi connectivity index (χ4n) is 3.14. The second-order valence-electron chi connectivity index (χ2n) is 7.04. The van der Waals surface area contributed by atoms with Gasteiger partial charge in [-0.25, -0.2) is 14.7 Å². The van der Waals surface area contributed by atoms with Crippen LogP contribution in [0.3, 0.4) is 0 Å². The zero-order valence-corrected chi connectivity index (χ0v) is 17.9. The zero-order valence-electron chi connectivity index (χ0n) is 17.1. The van der Waals surface area contributed by atoms with Crippen LogP contribution in [-0.4, -0.2) is 43.6 Å². The van der Waals surface area contributed by atoms with Gasteiger partial charge in [-0.1, -0.05) is 60.7 Å². The summed E-state index contributed by atoms with van der Waals surface area (Å²) in [6.07, 6.45) is -0.375. The number of aromatic hydroxyl groups is 1. The molecule has 0 saturated carbocycles. The average Bonchev–Trinajstić information content (AvgIpc) is 3.08. The summed E-state index contributed by atoms with van der Waals surface area (Å²) < 4.78 is 40.5. The van der Waals surface area contributed by atoms with Gasteiger partial charge in [-0.3, -0.25) is 13.9 Å². The Morgan fingerprint density at radius 2 is 1.61 bits per heavy atom. The summed E-state index contributed by atoms with van der Waals surface area (Å²) in [4.78, 5) is 24.5. The van der Waals surface area contributed by atoms with Crippen LogP contribution in [0.5, 0.6) is 6.01 Å². The summed E-state index contributed by atoms with van der Waals surface area (Å²) in [5.41, 5.74) is 1.59. The van der Waals surface area contributed by atoms with Crippen molar-refractivity contribution < 1.29 is 27.6 Å². The minimum absolute atomic E-state index is 0.0464. The largest absolute Gasteiger partial charge is 0.480 e. The van der Waals surface area contributed by atoms with E-state index in [1.54, 1.807) is 12.1 Å². The molecule has 2 heterocycles. The standard InChI is InChI=1S/C21H19N5O6S/c27-17(32-13-15-9-5-2-6-10-15)11-16-22-19(25-33(29,30)31)18-20(23-16)26(21(28)24-18)12-14-7-3-1-4-8-14/h1-10H,11-13H2,(H,24,28)(H,22,23,25)(H,29,30,31). The lowest BCUT2D eigenvalue weighted by molar-refractivity contribution is -0.144. The van der Waals surface area contributed by atoms with E-state index in [-0.39, 0.29) is 42.4 Å². The van der Waals surface area contributed by atoms with Crippen LogP contribution in [0.1, 0.15) is 17.0 Å². The summed E-state index contributed by atoms with van der Waals surface area (Å²) >= 11 is 0. The van der Waals surface area contributed by atoms with Crippen molar-refractivity contribution in [3.63, 3.8) is 0 Å². The van der Waals surface area contributed by atoms with Crippen LogP contribution in [0.2, 0.25) is 0 Å². The molecule has 4 aromatic rings. The highest BCUT2D eigenvalue weighted by Gasteiger charge is 2.21. The maximum absolute atomic E-state index is 12.3. The van der Waals surface area contributed by atoms with Crippen molar-refractivity contribution >= 4 is 33.3 Å². The second-order valence-corrected chi connectivity index (χ2v) is 8.20. The van der Waals surface area contributed by atoms with E-state index in [1.165, 1.54) is 4.57 Å². The number of ether oxygens (including phenoxy) is 1. The fourth-order valence-corrected chi connectivity index (χ4v) is 3.52. The van der Waals surface area contributed by atoms with Crippen LogP contribution >= 0.6 is 0 Å². The highest BCUT2D eigenvalue weighted by Crippen LogP contribution is 2.26. The summed E-state index contributed by atoms with van der Waals surface area (Å²) in [6, 6.07) is 17.8. The molecule has 0 aliphatic heterocycles. The predicted molar refractivity (Wildman–Crippen MR) is 118 cm³/mol. The lowest BCUT2D eigenvalue weighted by Gasteiger charge is -2.09. The Bertz CT molecular complexity index is 1390. The molecule has 0 spiro atoms. The number of imidazole rings is 1. The lowest BCUT2D eigenvalue weighted by atomic mass is 10.2. The quantitative estimate of drug-likeness (QED) is 0.260. The Morgan fingerprint density at radius 3 is 2.24 bits per heavy atom. The molecule has 0 atom stereocenters. The molecule has 0 aliphatic rings. The van der Waals surface area contributed by atoms with Crippen LogP contribution in [0.25, 0.3) is 11.2 Å². The van der Waals surface area contributed by atoms with Gasteiger partial charge in [-0.2, -0.15) is 13.4 Å². The molecule has 0 aliphatic carbocycles. The Morgan fingerprint density at radius 1 is 0.970 bits per heavy atom. The number of nitrogens with one attached hydrogen (secondary N) is 1. The van der Waals surface area contributed by atoms with Gasteiger partial charge in [0.15, 0.2) is 17.0 Å². The van der Waals surface area contributed by atoms with Crippen molar-refractivity contribution in [2.45, 2.75) is 19.6 Å². The molecule has 11 nitrogen and oxygen atoms in total. The zero-order chi connectivity index (χ0) is 23.4. The van der Waals surface area contributed by atoms with Gasteiger partial charge in [0.25, 0.3) is 6.01 Å². The van der Waals surface area contributed by atoms with Gasteiger partial charge < -0.3 is 9.84 Å². The first-order valence-electron chi connectivity index (χ1n) is 9.73. The van der Waals surface area contributed by atoms with Crippen LogP contribution in [-0.2, 0) is 39.4 Å². The van der Waals surface area contributed by atoms with Crippen molar-refractivity contribution in [3.05, 3.63) is 77.6 Å². The lowest BCUT2D eigenvalue weighted by Crippen LogP contribution is -2.16. The molecular weight excluding hydrogens is 450 g/mol. The molecule has 0 amide bonds. The van der Waals surface area contributed by atoms with E-state index >= 15 is 0 Å². The molecule has 33 heavy (non-hydrogen) atoms. The Kier molecular flexibility index (Phi) is 6.20. The first-order chi connectivity index (χ1) is 15.8. The minimum atomic E-state index is -4.71. The van der Waals surface area contributed by atoms with Crippen LogP contribution in [0.4, 0.5) is 5.82 Å². The summed E-state index contributed by atoms with van der Waals surface area (Å²) in [5.74, 6) is -1.11. The predicted octanol–water partition coefficient (Wildman–Crippen LogP) is 2.08. The monoisotopic (exact) mass is 469 g/mol. The van der Waals surface area contributed by atoms with E-state index in [4.69, 9.17) is 4.74 Å². The third-order valence-corrected chi connectivity index (χ3v) is 5.03. The van der Waals surface area contributed by atoms with Crippen molar-refractivity contribution in [2.75, 3.05) is 4.72 Å². The molecule has 2 aromatic carbocycles. The van der Waals surface area contributed by atoms with Gasteiger partial charge >= 0.3 is 16.3 Å². The third kappa shape index (κ3) is 5.61. The van der Waals surface area contributed by atoms with Gasteiger partial charge in [0, 0.05) is 0 Å². The number of esters is 1. The summed E-state index contributed by atoms with van der Waals surface area (Å²) in [5, 5.41) is 10.4. The normalized spacial score (nSPS) is 11.4. The highest BCUT2D eigenvalue weighted by molar-refractivity contribution is 7.87. The molecule has 4 rings (SSSR count). The molecule has 0 saturated heterocycles. The molecule has 0 radical (unpaired) electrons. The van der Waals surface area contributed by atoms with Crippen LogP contribution in [0.15, 0.2) is 60.7 Å². The molecule has 170 valence electrons. The number of aromatic nitrogens is 4. The molecule has 0 fully saturated rings. The SMILES string of the molecule is O=C(Cc1nc(NS(=O)(=O)O)c2nc(O)n(Cc3ccccc3)c2n1)OCc1ccccc1. The van der Waals surface area contributed by atoms with Crippen molar-refractivity contribution in [1.29, 1.82) is 0 Å². The highest BCUT2D eigenvalue weighted by atomic mass is 32.2. The van der Waals surface area contributed by atoms with Crippen molar-refractivity contribution in [1.82, 2.24) is 19.5 Å². The Hall–Kier alpha value is -4.03. The first kappa shape index (κ1) is 22.2. The van der Waals surface area contributed by atoms with Crippen molar-refractivity contribution in [2.24, 2.45) is 0 Å². The van der Waals surface area contributed by atoms with Gasteiger partial charge in [-0.05, 0) is 11.1 Å². The smallest absolute Gasteiger partial charge is 0.358 e. The number of anilines is 1. The number of hydrogen-bond donors (Lipinski definition) is 3. The fraction of sp³-hybridized carbons (Fsp3) is 0.143. The van der Waals surface area contributed by atoms with Crippen LogP contribution < -0.4 is 4.72 Å². The van der Waals surface area contributed by atoms with E-state index in [0.717, 1.165) is 11.1 Å². The van der Waals surface area contributed by atoms with Gasteiger partial charge in [0.1, 0.15) is 18.9 Å². The van der Waals surface area contributed by atoms with E-state index in [1.807, 2.05) is 53.3 Å². The molecule has 12 heteroatoms. The molecule has 2 aromatic heterocycles. The maximum atomic E-state index is 12.3. The number of carbonyl (C=O) groups excluding carboxylic acids is 1. The van der Waals surface area contributed by atoms with E-state index in [9.17, 15) is 22.9 Å². The number of nitrogens with zero attached hydrogens (tertiary/aromatic N) is 4. The van der Waals surface area contributed by atoms with Gasteiger partial charge in [0.05, 0.1) is 6.54 Å². The van der Waals surface area contributed by atoms with Gasteiger partial charge in [0.2, 0.25) is 0 Å². The number of rotatable bonds is 8. The minimum Gasteiger partial charge on any atom is -0.480 e. The number of carbonyl (C=O) groups is 1. The third-order valence-electron chi connectivity index (χ3n) is 4.58. The van der Waals surface area contributed by atoms with E-state index in [0.29, 0.717) is 0 Å². The first-order valence-corrected chi connectivity index (χ1v) is 11.2. The Balaban J connectivity index is 1.66. The second kappa shape index (κ2) is 9.22. The number of benzene rings is 2. The molecule has 0 unspecified atom stereocenters. The average molecular weight is 469 g/mol. The number of fused-ring (bicyclic) bond motifs is 1. The Labute approximate surface area is 188 Å².